The van der Waals surface area contributed by atoms with Crippen molar-refractivity contribution in [1.82, 2.24) is 4.98 Å². The first-order chi connectivity index (χ1) is 14.7. The average molecular weight is 461 g/mol. The summed E-state index contributed by atoms with van der Waals surface area (Å²) in [6, 6.07) is 5.67. The van der Waals surface area contributed by atoms with Crippen LogP contribution in [0.3, 0.4) is 0 Å². The number of anilines is 2. The molecule has 2 heterocycles. The van der Waals surface area contributed by atoms with Gasteiger partial charge in [-0.15, -0.1) is 0 Å². The molecule has 12 heteroatoms. The summed E-state index contributed by atoms with van der Waals surface area (Å²) >= 11 is 0. The smallest absolute Gasteiger partial charge is 0.416 e. The molecule has 1 aliphatic rings. The molecule has 0 aliphatic carbocycles. The molecule has 172 valence electrons. The van der Waals surface area contributed by atoms with E-state index in [9.17, 15) is 35.9 Å². The molecule has 6 nitrogen and oxygen atoms in total. The second-order valence-electron chi connectivity index (χ2n) is 7.20. The van der Waals surface area contributed by atoms with Crippen LogP contribution < -0.4 is 15.0 Å². The molecular formula is C20H17F6N3O3. The number of aryl methyl sites for hydroxylation is 1. The summed E-state index contributed by atoms with van der Waals surface area (Å²) in [7, 11) is 0. The highest BCUT2D eigenvalue weighted by atomic mass is 19.4. The van der Waals surface area contributed by atoms with Crippen LogP contribution in [-0.2, 0) is 22.3 Å². The highest BCUT2D eigenvalue weighted by Crippen LogP contribution is 2.37. The molecule has 0 bridgehead atoms. The normalized spacial score (nSPS) is 16.4. The summed E-state index contributed by atoms with van der Waals surface area (Å²) in [6.07, 6.45) is -11.9. The third-order valence-electron chi connectivity index (χ3n) is 4.59. The Morgan fingerprint density at radius 2 is 1.78 bits per heavy atom. The number of carbonyl (C=O) groups excluding carboxylic acids is 2. The van der Waals surface area contributed by atoms with Gasteiger partial charge in [0.15, 0.2) is 6.10 Å². The fourth-order valence-corrected chi connectivity index (χ4v) is 3.05. The van der Waals surface area contributed by atoms with E-state index in [2.05, 4.69) is 10.3 Å². The van der Waals surface area contributed by atoms with E-state index in [4.69, 9.17) is 4.74 Å². The Balaban J connectivity index is 1.88. The van der Waals surface area contributed by atoms with Crippen molar-refractivity contribution in [3.63, 3.8) is 0 Å². The third-order valence-corrected chi connectivity index (χ3v) is 4.59. The van der Waals surface area contributed by atoms with E-state index >= 15 is 0 Å². The van der Waals surface area contributed by atoms with Gasteiger partial charge in [0, 0.05) is 0 Å². The van der Waals surface area contributed by atoms with Crippen molar-refractivity contribution >= 4 is 23.3 Å². The number of alkyl halides is 6. The van der Waals surface area contributed by atoms with Crippen LogP contribution in [0.2, 0.25) is 0 Å². The molecule has 0 saturated heterocycles. The first-order valence-corrected chi connectivity index (χ1v) is 9.27. The second-order valence-corrected chi connectivity index (χ2v) is 7.20. The summed E-state index contributed by atoms with van der Waals surface area (Å²) in [5.74, 6) is -2.05. The van der Waals surface area contributed by atoms with Crippen LogP contribution >= 0.6 is 0 Å². The maximum Gasteiger partial charge on any atom is 0.416 e. The van der Waals surface area contributed by atoms with Crippen LogP contribution in [0.15, 0.2) is 30.3 Å². The van der Waals surface area contributed by atoms with E-state index in [1.165, 1.54) is 36.9 Å². The maximum atomic E-state index is 12.8. The van der Waals surface area contributed by atoms with Gasteiger partial charge >= 0.3 is 12.4 Å². The SMILES string of the molecule is Cc1cc2c(nc1NC(=O)CC(F)(F)F)OC(C)C(=O)N2Cc1ccc(C(F)(F)F)cc1. The van der Waals surface area contributed by atoms with Crippen LogP contribution in [0.1, 0.15) is 30.0 Å². The van der Waals surface area contributed by atoms with Crippen LogP contribution in [0.4, 0.5) is 37.8 Å². The van der Waals surface area contributed by atoms with Crippen LogP contribution in [0.5, 0.6) is 5.88 Å². The van der Waals surface area contributed by atoms with Crippen molar-refractivity contribution in [2.75, 3.05) is 10.2 Å². The standard InChI is InChI=1S/C20H17F6N3O3/c1-10-7-14-17(28-16(10)27-15(30)8-19(21,22)23)32-11(2)18(31)29(14)9-12-3-5-13(6-4-12)20(24,25)26/h3-7,11H,8-9H2,1-2H3,(H,27,28,30). The van der Waals surface area contributed by atoms with Gasteiger partial charge in [-0.3, -0.25) is 14.5 Å². The first kappa shape index (κ1) is 23.4. The van der Waals surface area contributed by atoms with Gasteiger partial charge in [-0.2, -0.15) is 31.3 Å². The minimum absolute atomic E-state index is 0.0848. The van der Waals surface area contributed by atoms with Gasteiger partial charge in [0.1, 0.15) is 17.9 Å². The zero-order valence-corrected chi connectivity index (χ0v) is 16.8. The van der Waals surface area contributed by atoms with Gasteiger partial charge in [-0.05, 0) is 43.2 Å². The Morgan fingerprint density at radius 1 is 1.16 bits per heavy atom. The fraction of sp³-hybridized carbons (Fsp3) is 0.350. The molecule has 3 rings (SSSR count). The Labute approximate surface area is 178 Å². The highest BCUT2D eigenvalue weighted by molar-refractivity contribution is 6.00. The number of aromatic nitrogens is 1. The molecular weight excluding hydrogens is 444 g/mol. The van der Waals surface area contributed by atoms with E-state index < -0.39 is 42.3 Å². The number of ether oxygens (including phenoxy) is 1. The monoisotopic (exact) mass is 461 g/mol. The molecule has 2 aromatic rings. The number of carbonyl (C=O) groups is 2. The molecule has 2 amide bonds. The molecule has 1 unspecified atom stereocenters. The van der Waals surface area contributed by atoms with Gasteiger partial charge in [-0.25, -0.2) is 0 Å². The predicted molar refractivity (Wildman–Crippen MR) is 101 cm³/mol. The van der Waals surface area contributed by atoms with E-state index in [0.717, 1.165) is 12.1 Å². The molecule has 0 fully saturated rings. The van der Waals surface area contributed by atoms with Gasteiger partial charge in [0.25, 0.3) is 5.91 Å². The molecule has 1 atom stereocenters. The first-order valence-electron chi connectivity index (χ1n) is 9.27. The van der Waals surface area contributed by atoms with Crippen molar-refractivity contribution in [2.24, 2.45) is 0 Å². The van der Waals surface area contributed by atoms with Crippen molar-refractivity contribution in [1.29, 1.82) is 0 Å². The minimum atomic E-state index is -4.69. The highest BCUT2D eigenvalue weighted by Gasteiger charge is 2.35. The van der Waals surface area contributed by atoms with E-state index in [1.54, 1.807) is 0 Å². The van der Waals surface area contributed by atoms with Crippen molar-refractivity contribution in [3.05, 3.63) is 47.0 Å². The summed E-state index contributed by atoms with van der Waals surface area (Å²) in [4.78, 5) is 29.6. The number of pyridine rings is 1. The Bertz CT molecular complexity index is 1030. The van der Waals surface area contributed by atoms with Gasteiger partial charge in [0.05, 0.1) is 12.1 Å². The van der Waals surface area contributed by atoms with E-state index in [-0.39, 0.29) is 29.5 Å². The van der Waals surface area contributed by atoms with Crippen LogP contribution in [0, 0.1) is 6.92 Å². The zero-order valence-electron chi connectivity index (χ0n) is 16.8. The van der Waals surface area contributed by atoms with Gasteiger partial charge in [0.2, 0.25) is 11.8 Å². The molecule has 1 N–H and O–H groups in total. The maximum absolute atomic E-state index is 12.8. The quantitative estimate of drug-likeness (QED) is 0.675. The lowest BCUT2D eigenvalue weighted by Gasteiger charge is -2.33. The number of rotatable bonds is 4. The summed E-state index contributed by atoms with van der Waals surface area (Å²) in [6.45, 7) is 2.81. The predicted octanol–water partition coefficient (Wildman–Crippen LogP) is 4.61. The Hall–Kier alpha value is -3.31. The summed E-state index contributed by atoms with van der Waals surface area (Å²) in [5, 5.41) is 2.07. The molecule has 1 aliphatic heterocycles. The molecule has 1 aromatic heterocycles. The number of benzene rings is 1. The van der Waals surface area contributed by atoms with Crippen LogP contribution in [0.25, 0.3) is 0 Å². The molecule has 0 spiro atoms. The lowest BCUT2D eigenvalue weighted by atomic mass is 10.1. The summed E-state index contributed by atoms with van der Waals surface area (Å²) < 4.78 is 81.0. The number of nitrogens with zero attached hydrogens (tertiary/aromatic N) is 2. The van der Waals surface area contributed by atoms with Gasteiger partial charge in [-0.1, -0.05) is 12.1 Å². The lowest BCUT2D eigenvalue weighted by molar-refractivity contribution is -0.150. The van der Waals surface area contributed by atoms with Crippen LogP contribution in [-0.4, -0.2) is 29.1 Å². The third kappa shape index (κ3) is 5.29. The molecule has 32 heavy (non-hydrogen) atoms. The van der Waals surface area contributed by atoms with Crippen molar-refractivity contribution in [2.45, 2.75) is 45.3 Å². The number of hydrogen-bond donors (Lipinski definition) is 1. The van der Waals surface area contributed by atoms with Gasteiger partial charge < -0.3 is 10.1 Å². The zero-order chi connectivity index (χ0) is 23.8. The Morgan fingerprint density at radius 3 is 2.34 bits per heavy atom. The lowest BCUT2D eigenvalue weighted by Crippen LogP contribution is -2.44. The number of fused-ring (bicyclic) bond motifs is 1. The number of hydrogen-bond acceptors (Lipinski definition) is 4. The van der Waals surface area contributed by atoms with E-state index in [0.29, 0.717) is 5.56 Å². The average Bonchev–Trinajstić information content (AvgIpc) is 2.65. The molecule has 0 saturated carbocycles. The topological polar surface area (TPSA) is 71.5 Å². The second kappa shape index (κ2) is 8.32. The summed E-state index contributed by atoms with van der Waals surface area (Å²) in [5.41, 5.74) is 0.0219. The van der Waals surface area contributed by atoms with E-state index in [1.807, 2.05) is 0 Å². The van der Waals surface area contributed by atoms with Crippen molar-refractivity contribution < 1.29 is 40.7 Å². The number of halogens is 6. The largest absolute Gasteiger partial charge is 0.463 e. The van der Waals surface area contributed by atoms with Crippen molar-refractivity contribution in [3.8, 4) is 5.88 Å². The number of amides is 2. The molecule has 1 aromatic carbocycles. The number of nitrogens with one attached hydrogen (secondary N) is 1. The Kier molecular flexibility index (Phi) is 6.07. The fourth-order valence-electron chi connectivity index (χ4n) is 3.05. The minimum Gasteiger partial charge on any atom is -0.463 e. The molecule has 0 radical (unpaired) electrons.